The first-order valence-electron chi connectivity index (χ1n) is 6.00. The van der Waals surface area contributed by atoms with E-state index in [0.717, 1.165) is 21.9 Å². The van der Waals surface area contributed by atoms with Gasteiger partial charge in [0.1, 0.15) is 11.6 Å². The van der Waals surface area contributed by atoms with Crippen molar-refractivity contribution in [2.45, 2.75) is 29.4 Å². The van der Waals surface area contributed by atoms with Gasteiger partial charge in [-0.1, -0.05) is 22.0 Å². The molecule has 1 aliphatic carbocycles. The fourth-order valence-corrected chi connectivity index (χ4v) is 3.39. The standard InChI is InChI=1S/C13H14BrN3S/c1-17-12(15-16-13(17)9-5-6-9)8-18-11-4-2-3-10(14)7-11/h2-4,7,9H,5-6,8H2,1H3. The molecule has 1 aromatic heterocycles. The van der Waals surface area contributed by atoms with Crippen LogP contribution in [0, 0.1) is 0 Å². The Kier molecular flexibility index (Phi) is 3.43. The molecule has 1 fully saturated rings. The topological polar surface area (TPSA) is 30.7 Å². The van der Waals surface area contributed by atoms with Gasteiger partial charge in [-0.3, -0.25) is 0 Å². The van der Waals surface area contributed by atoms with E-state index in [9.17, 15) is 0 Å². The largest absolute Gasteiger partial charge is 0.317 e. The molecule has 1 saturated carbocycles. The predicted octanol–water partition coefficient (Wildman–Crippen LogP) is 3.75. The minimum atomic E-state index is 0.659. The number of hydrogen-bond donors (Lipinski definition) is 0. The van der Waals surface area contributed by atoms with Crippen molar-refractivity contribution in [3.8, 4) is 0 Å². The van der Waals surface area contributed by atoms with Gasteiger partial charge in [0.25, 0.3) is 0 Å². The number of hydrogen-bond acceptors (Lipinski definition) is 3. The number of halogens is 1. The molecule has 94 valence electrons. The number of rotatable bonds is 4. The normalized spacial score (nSPS) is 15.0. The second kappa shape index (κ2) is 5.05. The molecule has 0 spiro atoms. The molecule has 0 radical (unpaired) electrons. The first-order chi connectivity index (χ1) is 8.74. The van der Waals surface area contributed by atoms with E-state index in [2.05, 4.69) is 55.9 Å². The summed E-state index contributed by atoms with van der Waals surface area (Å²) in [6, 6.07) is 8.34. The molecular formula is C13H14BrN3S. The van der Waals surface area contributed by atoms with Crippen LogP contribution in [-0.4, -0.2) is 14.8 Å². The zero-order valence-corrected chi connectivity index (χ0v) is 12.5. The lowest BCUT2D eigenvalue weighted by atomic mass is 10.4. The van der Waals surface area contributed by atoms with Crippen LogP contribution in [-0.2, 0) is 12.8 Å². The van der Waals surface area contributed by atoms with E-state index in [1.807, 2.05) is 6.07 Å². The fraction of sp³-hybridized carbons (Fsp3) is 0.385. The van der Waals surface area contributed by atoms with Crippen molar-refractivity contribution in [3.05, 3.63) is 40.4 Å². The van der Waals surface area contributed by atoms with Gasteiger partial charge in [0.15, 0.2) is 0 Å². The van der Waals surface area contributed by atoms with Gasteiger partial charge in [0.05, 0.1) is 5.75 Å². The Morgan fingerprint density at radius 2 is 2.22 bits per heavy atom. The van der Waals surface area contributed by atoms with Crippen LogP contribution in [0.2, 0.25) is 0 Å². The molecule has 0 amide bonds. The summed E-state index contributed by atoms with van der Waals surface area (Å²) in [5, 5.41) is 8.59. The Hall–Kier alpha value is -0.810. The second-order valence-electron chi connectivity index (χ2n) is 4.55. The van der Waals surface area contributed by atoms with E-state index in [0.29, 0.717) is 5.92 Å². The lowest BCUT2D eigenvalue weighted by Gasteiger charge is -2.03. The van der Waals surface area contributed by atoms with E-state index in [1.54, 1.807) is 11.8 Å². The number of benzene rings is 1. The van der Waals surface area contributed by atoms with Crippen LogP contribution < -0.4 is 0 Å². The Labute approximate surface area is 119 Å². The zero-order chi connectivity index (χ0) is 12.5. The first kappa shape index (κ1) is 12.2. The number of aromatic nitrogens is 3. The Morgan fingerprint density at radius 1 is 1.39 bits per heavy atom. The van der Waals surface area contributed by atoms with Gasteiger partial charge in [-0.05, 0) is 31.0 Å². The third kappa shape index (κ3) is 2.62. The molecule has 1 aromatic carbocycles. The summed E-state index contributed by atoms with van der Waals surface area (Å²) in [4.78, 5) is 1.25. The molecule has 1 heterocycles. The summed E-state index contributed by atoms with van der Waals surface area (Å²) >= 11 is 5.28. The molecule has 0 atom stereocenters. The van der Waals surface area contributed by atoms with Gasteiger partial charge >= 0.3 is 0 Å². The van der Waals surface area contributed by atoms with Gasteiger partial charge < -0.3 is 4.57 Å². The fourth-order valence-electron chi connectivity index (χ4n) is 1.90. The van der Waals surface area contributed by atoms with Gasteiger partial charge in [0, 0.05) is 22.3 Å². The van der Waals surface area contributed by atoms with Gasteiger partial charge in [-0.15, -0.1) is 22.0 Å². The summed E-state index contributed by atoms with van der Waals surface area (Å²) in [6.45, 7) is 0. The van der Waals surface area contributed by atoms with Crippen LogP contribution in [0.4, 0.5) is 0 Å². The summed E-state index contributed by atoms with van der Waals surface area (Å²) in [6.07, 6.45) is 2.54. The molecule has 3 rings (SSSR count). The highest BCUT2D eigenvalue weighted by molar-refractivity contribution is 9.10. The van der Waals surface area contributed by atoms with Crippen LogP contribution in [0.1, 0.15) is 30.4 Å². The van der Waals surface area contributed by atoms with E-state index in [-0.39, 0.29) is 0 Å². The third-order valence-corrected chi connectivity index (χ3v) is 4.59. The van der Waals surface area contributed by atoms with Gasteiger partial charge in [-0.2, -0.15) is 0 Å². The van der Waals surface area contributed by atoms with E-state index >= 15 is 0 Å². The monoisotopic (exact) mass is 323 g/mol. The van der Waals surface area contributed by atoms with Crippen molar-refractivity contribution in [1.82, 2.24) is 14.8 Å². The van der Waals surface area contributed by atoms with Crippen LogP contribution in [0.5, 0.6) is 0 Å². The summed E-state index contributed by atoms with van der Waals surface area (Å²) in [5.41, 5.74) is 0. The third-order valence-electron chi connectivity index (χ3n) is 3.11. The van der Waals surface area contributed by atoms with E-state index in [4.69, 9.17) is 0 Å². The molecule has 5 heteroatoms. The highest BCUT2D eigenvalue weighted by Crippen LogP contribution is 2.39. The van der Waals surface area contributed by atoms with Gasteiger partial charge in [0.2, 0.25) is 0 Å². The average molecular weight is 324 g/mol. The summed E-state index contributed by atoms with van der Waals surface area (Å²) < 4.78 is 3.27. The molecule has 3 nitrogen and oxygen atoms in total. The molecule has 2 aromatic rings. The smallest absolute Gasteiger partial charge is 0.143 e. The van der Waals surface area contributed by atoms with E-state index in [1.165, 1.54) is 17.7 Å². The lowest BCUT2D eigenvalue weighted by molar-refractivity contribution is 0.774. The minimum Gasteiger partial charge on any atom is -0.317 e. The van der Waals surface area contributed by atoms with Crippen LogP contribution in [0.25, 0.3) is 0 Å². The zero-order valence-electron chi connectivity index (χ0n) is 10.1. The lowest BCUT2D eigenvalue weighted by Crippen LogP contribution is -2.00. The SMILES string of the molecule is Cn1c(CSc2cccc(Br)c2)nnc1C1CC1. The van der Waals surface area contributed by atoms with Crippen LogP contribution >= 0.6 is 27.7 Å². The van der Waals surface area contributed by atoms with Crippen LogP contribution in [0.15, 0.2) is 33.6 Å². The Morgan fingerprint density at radius 3 is 2.94 bits per heavy atom. The highest BCUT2D eigenvalue weighted by atomic mass is 79.9. The van der Waals surface area contributed by atoms with Crippen molar-refractivity contribution in [3.63, 3.8) is 0 Å². The molecular weight excluding hydrogens is 310 g/mol. The summed E-state index contributed by atoms with van der Waals surface area (Å²) in [7, 11) is 2.07. The molecule has 18 heavy (non-hydrogen) atoms. The molecule has 0 bridgehead atoms. The number of nitrogens with zero attached hydrogens (tertiary/aromatic N) is 3. The molecule has 0 saturated heterocycles. The Bertz CT molecular complexity index is 563. The van der Waals surface area contributed by atoms with Crippen molar-refractivity contribution >= 4 is 27.7 Å². The quantitative estimate of drug-likeness (QED) is 0.803. The molecule has 0 aliphatic heterocycles. The second-order valence-corrected chi connectivity index (χ2v) is 6.52. The van der Waals surface area contributed by atoms with Crippen molar-refractivity contribution < 1.29 is 0 Å². The minimum absolute atomic E-state index is 0.659. The van der Waals surface area contributed by atoms with Crippen molar-refractivity contribution in [2.24, 2.45) is 7.05 Å². The van der Waals surface area contributed by atoms with Gasteiger partial charge in [-0.25, -0.2) is 0 Å². The maximum absolute atomic E-state index is 4.30. The van der Waals surface area contributed by atoms with Crippen molar-refractivity contribution in [1.29, 1.82) is 0 Å². The maximum Gasteiger partial charge on any atom is 0.143 e. The average Bonchev–Trinajstić information content (AvgIpc) is 3.12. The Balaban J connectivity index is 1.69. The predicted molar refractivity (Wildman–Crippen MR) is 76.7 cm³/mol. The van der Waals surface area contributed by atoms with E-state index < -0.39 is 0 Å². The molecule has 0 N–H and O–H groups in total. The van der Waals surface area contributed by atoms with Crippen molar-refractivity contribution in [2.75, 3.05) is 0 Å². The molecule has 0 unspecified atom stereocenters. The first-order valence-corrected chi connectivity index (χ1v) is 7.78. The highest BCUT2D eigenvalue weighted by Gasteiger charge is 2.29. The molecule has 1 aliphatic rings. The van der Waals surface area contributed by atoms with Crippen LogP contribution in [0.3, 0.4) is 0 Å². The number of thioether (sulfide) groups is 1. The maximum atomic E-state index is 4.30. The summed E-state index contributed by atoms with van der Waals surface area (Å²) in [5.74, 6) is 3.74.